The Kier molecular flexibility index (Phi) is 3.42. The van der Waals surface area contributed by atoms with Gasteiger partial charge in [-0.15, -0.1) is 0 Å². The molecule has 2 fully saturated rings. The highest BCUT2D eigenvalue weighted by atomic mass is 16.6. The fraction of sp³-hybridized carbons (Fsp3) is 1.00. The largest absolute Gasteiger partial charge is 0.376 e. The van der Waals surface area contributed by atoms with E-state index >= 15 is 0 Å². The normalized spacial score (nSPS) is 31.1. The lowest BCUT2D eigenvalue weighted by atomic mass is 9.89. The second-order valence-electron chi connectivity index (χ2n) is 4.44. The van der Waals surface area contributed by atoms with Crippen LogP contribution in [0.15, 0.2) is 0 Å². The van der Waals surface area contributed by atoms with Crippen LogP contribution in [-0.4, -0.2) is 38.0 Å². The van der Waals surface area contributed by atoms with Gasteiger partial charge in [-0.25, -0.2) is 0 Å². The van der Waals surface area contributed by atoms with Crippen LogP contribution < -0.4 is 5.32 Å². The van der Waals surface area contributed by atoms with E-state index in [-0.39, 0.29) is 5.60 Å². The van der Waals surface area contributed by atoms with Crippen molar-refractivity contribution in [3.8, 4) is 0 Å². The van der Waals surface area contributed by atoms with Crippen LogP contribution in [0.25, 0.3) is 0 Å². The van der Waals surface area contributed by atoms with Crippen LogP contribution in [-0.2, 0) is 9.47 Å². The molecule has 3 nitrogen and oxygen atoms in total. The van der Waals surface area contributed by atoms with Crippen LogP contribution in [0.4, 0.5) is 0 Å². The minimum Gasteiger partial charge on any atom is -0.376 e. The number of nitrogens with one attached hydrogen (secondary N) is 1. The van der Waals surface area contributed by atoms with E-state index in [4.69, 9.17) is 9.47 Å². The molecule has 2 saturated heterocycles. The molecular formula is C11H21NO2. The van der Waals surface area contributed by atoms with E-state index in [1.807, 2.05) is 0 Å². The zero-order valence-electron chi connectivity index (χ0n) is 9.05. The van der Waals surface area contributed by atoms with Crippen molar-refractivity contribution >= 4 is 0 Å². The maximum Gasteiger partial charge on any atom is 0.0836 e. The molecule has 2 aliphatic rings. The Morgan fingerprint density at radius 2 is 2.21 bits per heavy atom. The van der Waals surface area contributed by atoms with Gasteiger partial charge in [0.2, 0.25) is 0 Å². The summed E-state index contributed by atoms with van der Waals surface area (Å²) in [4.78, 5) is 0. The first-order valence-electron chi connectivity index (χ1n) is 5.81. The molecule has 14 heavy (non-hydrogen) atoms. The molecule has 0 bridgehead atoms. The van der Waals surface area contributed by atoms with Crippen molar-refractivity contribution in [3.05, 3.63) is 0 Å². The second-order valence-corrected chi connectivity index (χ2v) is 4.44. The molecule has 2 rings (SSSR count). The maximum absolute atomic E-state index is 5.93. The van der Waals surface area contributed by atoms with Gasteiger partial charge in [0.25, 0.3) is 0 Å². The van der Waals surface area contributed by atoms with Gasteiger partial charge in [0.1, 0.15) is 0 Å². The Hall–Kier alpha value is -0.120. The van der Waals surface area contributed by atoms with Gasteiger partial charge in [-0.2, -0.15) is 0 Å². The first kappa shape index (κ1) is 10.4. The zero-order chi connectivity index (χ0) is 9.86. The molecule has 1 N–H and O–H groups in total. The molecule has 0 aromatic carbocycles. The Morgan fingerprint density at radius 3 is 2.93 bits per heavy atom. The molecule has 1 unspecified atom stereocenters. The van der Waals surface area contributed by atoms with Crippen LogP contribution in [0.5, 0.6) is 0 Å². The summed E-state index contributed by atoms with van der Waals surface area (Å²) in [5.41, 5.74) is 0.156. The van der Waals surface area contributed by atoms with Gasteiger partial charge in [-0.05, 0) is 32.4 Å². The van der Waals surface area contributed by atoms with E-state index in [2.05, 4.69) is 12.2 Å². The van der Waals surface area contributed by atoms with Crippen LogP contribution in [0, 0.1) is 0 Å². The summed E-state index contributed by atoms with van der Waals surface area (Å²) in [5.74, 6) is 0. The maximum atomic E-state index is 5.93. The molecule has 0 aromatic rings. The minimum atomic E-state index is 0.156. The van der Waals surface area contributed by atoms with Crippen molar-refractivity contribution in [2.24, 2.45) is 0 Å². The Bertz CT molecular complexity index is 178. The number of hydrogen-bond donors (Lipinski definition) is 1. The molecule has 1 atom stereocenters. The molecule has 3 heteroatoms. The quantitative estimate of drug-likeness (QED) is 0.743. The third-order valence-electron chi connectivity index (χ3n) is 3.25. The molecule has 0 saturated carbocycles. The molecule has 0 radical (unpaired) electrons. The van der Waals surface area contributed by atoms with Gasteiger partial charge in [-0.1, -0.05) is 6.92 Å². The van der Waals surface area contributed by atoms with E-state index in [0.717, 1.165) is 52.0 Å². The van der Waals surface area contributed by atoms with Crippen LogP contribution in [0.3, 0.4) is 0 Å². The van der Waals surface area contributed by atoms with Gasteiger partial charge < -0.3 is 14.8 Å². The standard InChI is InChI=1S/C11H21NO2/c1-2-7-13-10-8-11(14-9-10)3-5-12-6-4-11/h10,12H,2-9H2,1H3. The second kappa shape index (κ2) is 4.60. The van der Waals surface area contributed by atoms with Gasteiger partial charge in [0, 0.05) is 13.0 Å². The van der Waals surface area contributed by atoms with Crippen molar-refractivity contribution in [2.75, 3.05) is 26.3 Å². The summed E-state index contributed by atoms with van der Waals surface area (Å²) < 4.78 is 11.7. The predicted octanol–water partition coefficient (Wildman–Crippen LogP) is 1.32. The molecule has 2 heterocycles. The Labute approximate surface area is 86.2 Å². The molecule has 1 spiro atoms. The summed E-state index contributed by atoms with van der Waals surface area (Å²) in [6.07, 6.45) is 4.87. The molecule has 0 amide bonds. The van der Waals surface area contributed by atoms with Crippen LogP contribution >= 0.6 is 0 Å². The van der Waals surface area contributed by atoms with Crippen molar-refractivity contribution in [1.82, 2.24) is 5.32 Å². The number of hydrogen-bond acceptors (Lipinski definition) is 3. The van der Waals surface area contributed by atoms with Crippen LogP contribution in [0.2, 0.25) is 0 Å². The highest BCUT2D eigenvalue weighted by molar-refractivity contribution is 4.93. The number of ether oxygens (including phenoxy) is 2. The van der Waals surface area contributed by atoms with Crippen molar-refractivity contribution in [1.29, 1.82) is 0 Å². The third-order valence-corrected chi connectivity index (χ3v) is 3.25. The lowest BCUT2D eigenvalue weighted by Gasteiger charge is -2.32. The van der Waals surface area contributed by atoms with Gasteiger partial charge >= 0.3 is 0 Å². The molecular weight excluding hydrogens is 178 g/mol. The molecule has 0 aliphatic carbocycles. The lowest BCUT2D eigenvalue weighted by molar-refractivity contribution is -0.0232. The van der Waals surface area contributed by atoms with E-state index in [0.29, 0.717) is 6.10 Å². The zero-order valence-corrected chi connectivity index (χ0v) is 9.05. The fourth-order valence-electron chi connectivity index (χ4n) is 2.42. The lowest BCUT2D eigenvalue weighted by Crippen LogP contribution is -2.41. The summed E-state index contributed by atoms with van der Waals surface area (Å²) in [6, 6.07) is 0. The SMILES string of the molecule is CCCOC1COC2(CCNCC2)C1. The van der Waals surface area contributed by atoms with E-state index in [1.54, 1.807) is 0 Å². The summed E-state index contributed by atoms with van der Waals surface area (Å²) in [6.45, 7) is 6.03. The van der Waals surface area contributed by atoms with E-state index in [1.165, 1.54) is 0 Å². The number of rotatable bonds is 3. The molecule has 0 aromatic heterocycles. The third kappa shape index (κ3) is 2.27. The average Bonchev–Trinajstić information content (AvgIpc) is 2.60. The van der Waals surface area contributed by atoms with Crippen molar-refractivity contribution < 1.29 is 9.47 Å². The summed E-state index contributed by atoms with van der Waals surface area (Å²) in [7, 11) is 0. The summed E-state index contributed by atoms with van der Waals surface area (Å²) in [5, 5.41) is 3.37. The first-order valence-corrected chi connectivity index (χ1v) is 5.81. The van der Waals surface area contributed by atoms with Crippen molar-refractivity contribution in [2.45, 2.75) is 44.3 Å². The van der Waals surface area contributed by atoms with E-state index < -0.39 is 0 Å². The van der Waals surface area contributed by atoms with Gasteiger partial charge in [0.15, 0.2) is 0 Å². The summed E-state index contributed by atoms with van der Waals surface area (Å²) >= 11 is 0. The Balaban J connectivity index is 1.80. The predicted molar refractivity (Wildman–Crippen MR) is 55.4 cm³/mol. The van der Waals surface area contributed by atoms with Gasteiger partial charge in [-0.3, -0.25) is 0 Å². The van der Waals surface area contributed by atoms with Crippen LogP contribution in [0.1, 0.15) is 32.6 Å². The first-order chi connectivity index (χ1) is 6.85. The highest BCUT2D eigenvalue weighted by Crippen LogP contribution is 2.35. The minimum absolute atomic E-state index is 0.156. The Morgan fingerprint density at radius 1 is 1.43 bits per heavy atom. The monoisotopic (exact) mass is 199 g/mol. The highest BCUT2D eigenvalue weighted by Gasteiger charge is 2.41. The van der Waals surface area contributed by atoms with E-state index in [9.17, 15) is 0 Å². The topological polar surface area (TPSA) is 30.5 Å². The molecule has 82 valence electrons. The molecule has 2 aliphatic heterocycles. The van der Waals surface area contributed by atoms with Crippen molar-refractivity contribution in [3.63, 3.8) is 0 Å². The fourth-order valence-corrected chi connectivity index (χ4v) is 2.42. The number of piperidine rings is 1. The van der Waals surface area contributed by atoms with Gasteiger partial charge in [0.05, 0.1) is 18.3 Å². The average molecular weight is 199 g/mol. The smallest absolute Gasteiger partial charge is 0.0836 e.